The van der Waals surface area contributed by atoms with E-state index in [9.17, 15) is 0 Å². The second-order valence-electron chi connectivity index (χ2n) is 2.03. The van der Waals surface area contributed by atoms with Crippen LogP contribution in [0.4, 0.5) is 0 Å². The van der Waals surface area contributed by atoms with Gasteiger partial charge in [0, 0.05) is 6.61 Å². The summed E-state index contributed by atoms with van der Waals surface area (Å²) in [4.78, 5) is 0. The number of rotatable bonds is 2. The molecule has 0 spiro atoms. The van der Waals surface area contributed by atoms with Crippen LogP contribution in [0.15, 0.2) is 18.2 Å². The fourth-order valence-electron chi connectivity index (χ4n) is 0.777. The normalized spacial score (nSPS) is 9.70. The van der Waals surface area contributed by atoms with Gasteiger partial charge in [-0.05, 0) is 30.2 Å². The summed E-state index contributed by atoms with van der Waals surface area (Å²) in [7, 11) is 0. The van der Waals surface area contributed by atoms with E-state index in [1.165, 1.54) is 0 Å². The zero-order valence-corrected chi connectivity index (χ0v) is 5.54. The minimum absolute atomic E-state index is 0.0609. The summed E-state index contributed by atoms with van der Waals surface area (Å²) in [5.74, 6) is 0.229. The van der Waals surface area contributed by atoms with Crippen molar-refractivity contribution >= 4 is 0 Å². The predicted octanol–water partition coefficient (Wildman–Crippen LogP) is 0.727. The third-order valence-corrected chi connectivity index (χ3v) is 1.31. The molecule has 0 heterocycles. The Kier molecular flexibility index (Phi) is 2.29. The highest BCUT2D eigenvalue weighted by atomic mass is 16.3. The number of aliphatic hydroxyl groups excluding tert-OH is 1. The standard InChI is InChI=1S/C8H9O2/c9-6-5-7-3-1-2-4-8(7)10/h2-4,9-10H,5-6H2. The molecule has 2 heteroatoms. The predicted molar refractivity (Wildman–Crippen MR) is 37.7 cm³/mol. The van der Waals surface area contributed by atoms with Gasteiger partial charge >= 0.3 is 0 Å². The SMILES string of the molecule is OCCc1c[c]ccc1O. The van der Waals surface area contributed by atoms with E-state index in [4.69, 9.17) is 10.2 Å². The number of phenols is 1. The molecule has 1 rings (SSSR count). The number of aliphatic hydroxyl groups is 1. The zero-order valence-electron chi connectivity index (χ0n) is 5.54. The Bertz CT molecular complexity index is 208. The number of phenolic OH excluding ortho intramolecular Hbond substituents is 1. The molecule has 1 aromatic rings. The van der Waals surface area contributed by atoms with Gasteiger partial charge in [0.15, 0.2) is 0 Å². The van der Waals surface area contributed by atoms with Crippen LogP contribution in [0.25, 0.3) is 0 Å². The Balaban J connectivity index is 2.81. The van der Waals surface area contributed by atoms with Gasteiger partial charge in [-0.2, -0.15) is 0 Å². The minimum Gasteiger partial charge on any atom is -0.508 e. The minimum atomic E-state index is 0.0609. The van der Waals surface area contributed by atoms with Crippen molar-refractivity contribution in [2.75, 3.05) is 6.61 Å². The molecule has 0 aliphatic heterocycles. The lowest BCUT2D eigenvalue weighted by atomic mass is 10.1. The van der Waals surface area contributed by atoms with Gasteiger partial charge in [-0.25, -0.2) is 0 Å². The van der Waals surface area contributed by atoms with E-state index in [-0.39, 0.29) is 12.4 Å². The molecule has 1 aromatic carbocycles. The average Bonchev–Trinajstić information content (AvgIpc) is 1.94. The van der Waals surface area contributed by atoms with Gasteiger partial charge < -0.3 is 10.2 Å². The van der Waals surface area contributed by atoms with Crippen molar-refractivity contribution in [2.24, 2.45) is 0 Å². The molecule has 0 aliphatic carbocycles. The van der Waals surface area contributed by atoms with Crippen molar-refractivity contribution in [1.82, 2.24) is 0 Å². The molecule has 1 radical (unpaired) electrons. The Labute approximate surface area is 59.7 Å². The number of hydrogen-bond acceptors (Lipinski definition) is 2. The van der Waals surface area contributed by atoms with Crippen molar-refractivity contribution in [3.8, 4) is 5.75 Å². The molecule has 0 bridgehead atoms. The van der Waals surface area contributed by atoms with Crippen LogP contribution in [0.3, 0.4) is 0 Å². The van der Waals surface area contributed by atoms with Crippen LogP contribution in [-0.4, -0.2) is 16.8 Å². The van der Waals surface area contributed by atoms with Gasteiger partial charge in [-0.3, -0.25) is 0 Å². The third kappa shape index (κ3) is 1.48. The van der Waals surface area contributed by atoms with E-state index in [2.05, 4.69) is 6.07 Å². The molecule has 0 saturated heterocycles. The quantitative estimate of drug-likeness (QED) is 0.630. The molecule has 0 unspecified atom stereocenters. The lowest BCUT2D eigenvalue weighted by Gasteiger charge is -1.98. The summed E-state index contributed by atoms with van der Waals surface area (Å²) in [6.07, 6.45) is 0.489. The van der Waals surface area contributed by atoms with Gasteiger partial charge in [0.25, 0.3) is 0 Å². The summed E-state index contributed by atoms with van der Waals surface area (Å²) in [5.41, 5.74) is 0.741. The molecule has 53 valence electrons. The van der Waals surface area contributed by atoms with Crippen LogP contribution in [0.2, 0.25) is 0 Å². The molecular weight excluding hydrogens is 128 g/mol. The van der Waals surface area contributed by atoms with E-state index in [1.54, 1.807) is 18.2 Å². The Morgan fingerprint density at radius 2 is 2.30 bits per heavy atom. The molecule has 0 fully saturated rings. The highest BCUT2D eigenvalue weighted by Crippen LogP contribution is 2.14. The summed E-state index contributed by atoms with van der Waals surface area (Å²) >= 11 is 0. The molecule has 10 heavy (non-hydrogen) atoms. The van der Waals surface area contributed by atoms with E-state index in [0.717, 1.165) is 5.56 Å². The maximum Gasteiger partial charge on any atom is 0.118 e. The largest absolute Gasteiger partial charge is 0.508 e. The Morgan fingerprint density at radius 1 is 1.50 bits per heavy atom. The van der Waals surface area contributed by atoms with Crippen LogP contribution in [-0.2, 0) is 6.42 Å². The van der Waals surface area contributed by atoms with Crippen molar-refractivity contribution < 1.29 is 10.2 Å². The van der Waals surface area contributed by atoms with Gasteiger partial charge in [0.1, 0.15) is 5.75 Å². The Morgan fingerprint density at radius 3 is 2.90 bits per heavy atom. The fraction of sp³-hybridized carbons (Fsp3) is 0.250. The van der Waals surface area contributed by atoms with E-state index >= 15 is 0 Å². The zero-order chi connectivity index (χ0) is 7.40. The van der Waals surface area contributed by atoms with Crippen molar-refractivity contribution in [3.05, 3.63) is 29.8 Å². The number of hydrogen-bond donors (Lipinski definition) is 2. The maximum atomic E-state index is 9.11. The van der Waals surface area contributed by atoms with Crippen molar-refractivity contribution in [3.63, 3.8) is 0 Å². The maximum absolute atomic E-state index is 9.11. The molecule has 2 N–H and O–H groups in total. The van der Waals surface area contributed by atoms with Crippen LogP contribution in [0.1, 0.15) is 5.56 Å². The molecule has 0 aromatic heterocycles. The van der Waals surface area contributed by atoms with Crippen molar-refractivity contribution in [2.45, 2.75) is 6.42 Å². The van der Waals surface area contributed by atoms with Crippen LogP contribution in [0, 0.1) is 6.07 Å². The third-order valence-electron chi connectivity index (χ3n) is 1.31. The molecule has 0 aliphatic rings. The van der Waals surface area contributed by atoms with Gasteiger partial charge in [0.2, 0.25) is 0 Å². The van der Waals surface area contributed by atoms with Crippen molar-refractivity contribution in [1.29, 1.82) is 0 Å². The molecule has 0 saturated carbocycles. The fourth-order valence-corrected chi connectivity index (χ4v) is 0.777. The van der Waals surface area contributed by atoms with Gasteiger partial charge in [-0.15, -0.1) is 0 Å². The first-order chi connectivity index (χ1) is 4.84. The molecule has 2 nitrogen and oxygen atoms in total. The van der Waals surface area contributed by atoms with Crippen LogP contribution >= 0.6 is 0 Å². The first-order valence-corrected chi connectivity index (χ1v) is 3.13. The lowest BCUT2D eigenvalue weighted by molar-refractivity contribution is 0.297. The highest BCUT2D eigenvalue weighted by Gasteiger charge is 1.96. The first-order valence-electron chi connectivity index (χ1n) is 3.13. The van der Waals surface area contributed by atoms with E-state index in [1.807, 2.05) is 0 Å². The Hall–Kier alpha value is -1.02. The summed E-state index contributed by atoms with van der Waals surface area (Å²) in [6, 6.07) is 7.68. The highest BCUT2D eigenvalue weighted by molar-refractivity contribution is 5.31. The molecule has 0 amide bonds. The second-order valence-corrected chi connectivity index (χ2v) is 2.03. The average molecular weight is 137 g/mol. The van der Waals surface area contributed by atoms with Gasteiger partial charge in [-0.1, -0.05) is 6.07 Å². The number of aromatic hydroxyl groups is 1. The topological polar surface area (TPSA) is 40.5 Å². The van der Waals surface area contributed by atoms with Gasteiger partial charge in [0.05, 0.1) is 0 Å². The summed E-state index contributed by atoms with van der Waals surface area (Å²) < 4.78 is 0. The van der Waals surface area contributed by atoms with Crippen LogP contribution < -0.4 is 0 Å². The smallest absolute Gasteiger partial charge is 0.118 e. The lowest BCUT2D eigenvalue weighted by Crippen LogP contribution is -1.89. The van der Waals surface area contributed by atoms with E-state index < -0.39 is 0 Å². The summed E-state index contributed by atoms with van der Waals surface area (Å²) in [5, 5.41) is 17.6. The van der Waals surface area contributed by atoms with Crippen LogP contribution in [0.5, 0.6) is 5.75 Å². The van der Waals surface area contributed by atoms with E-state index in [0.29, 0.717) is 6.42 Å². The molecule has 0 atom stereocenters. The second kappa shape index (κ2) is 3.22. The molecular formula is C8H9O2. The monoisotopic (exact) mass is 137 g/mol. The number of benzene rings is 1. The first kappa shape index (κ1) is 7.09. The summed E-state index contributed by atoms with van der Waals surface area (Å²) in [6.45, 7) is 0.0609.